The standard InChI is InChI=1S/C12H10BrF2N3O/c13-8-6(2-3-7(14)9(8)15)10-17-11(19-18-10)12(16)4-1-5-12/h2-3H,1,4-5,16H2. The molecule has 19 heavy (non-hydrogen) atoms. The Bertz CT molecular complexity index is 640. The molecule has 0 saturated heterocycles. The Morgan fingerprint density at radius 1 is 1.32 bits per heavy atom. The summed E-state index contributed by atoms with van der Waals surface area (Å²) in [4.78, 5) is 4.18. The molecule has 7 heteroatoms. The summed E-state index contributed by atoms with van der Waals surface area (Å²) in [7, 11) is 0. The highest BCUT2D eigenvalue weighted by molar-refractivity contribution is 9.10. The number of hydrogen-bond donors (Lipinski definition) is 1. The van der Waals surface area contributed by atoms with E-state index in [1.165, 1.54) is 6.07 Å². The van der Waals surface area contributed by atoms with Crippen molar-refractivity contribution in [2.75, 3.05) is 0 Å². The lowest BCUT2D eigenvalue weighted by Gasteiger charge is -2.33. The van der Waals surface area contributed by atoms with Crippen LogP contribution in [0.25, 0.3) is 11.4 Å². The first-order chi connectivity index (χ1) is 9.01. The molecule has 0 spiro atoms. The third kappa shape index (κ3) is 1.97. The molecule has 0 unspecified atom stereocenters. The summed E-state index contributed by atoms with van der Waals surface area (Å²) in [6, 6.07) is 2.41. The zero-order chi connectivity index (χ0) is 13.6. The van der Waals surface area contributed by atoms with Gasteiger partial charge in [-0.25, -0.2) is 8.78 Å². The molecule has 2 aromatic rings. The Labute approximate surface area is 116 Å². The van der Waals surface area contributed by atoms with Crippen molar-refractivity contribution in [1.29, 1.82) is 0 Å². The molecule has 0 bridgehead atoms. The molecule has 4 nitrogen and oxygen atoms in total. The number of hydrogen-bond acceptors (Lipinski definition) is 4. The molecule has 2 N–H and O–H groups in total. The van der Waals surface area contributed by atoms with E-state index in [9.17, 15) is 8.78 Å². The van der Waals surface area contributed by atoms with Gasteiger partial charge in [0.15, 0.2) is 11.6 Å². The van der Waals surface area contributed by atoms with E-state index in [-0.39, 0.29) is 10.3 Å². The normalized spacial score (nSPS) is 17.3. The third-order valence-corrected chi connectivity index (χ3v) is 4.15. The summed E-state index contributed by atoms with van der Waals surface area (Å²) in [5, 5.41) is 3.78. The highest BCUT2D eigenvalue weighted by atomic mass is 79.9. The van der Waals surface area contributed by atoms with Crippen molar-refractivity contribution < 1.29 is 13.3 Å². The van der Waals surface area contributed by atoms with E-state index in [0.717, 1.165) is 25.3 Å². The Morgan fingerprint density at radius 2 is 2.05 bits per heavy atom. The molecule has 1 saturated carbocycles. The zero-order valence-electron chi connectivity index (χ0n) is 9.79. The average molecular weight is 330 g/mol. The van der Waals surface area contributed by atoms with E-state index in [0.29, 0.717) is 11.5 Å². The SMILES string of the molecule is NC1(c2nc(-c3ccc(F)c(F)c3Br)no2)CCC1. The Morgan fingerprint density at radius 3 is 2.68 bits per heavy atom. The molecular weight excluding hydrogens is 320 g/mol. The maximum absolute atomic E-state index is 13.5. The second-order valence-electron chi connectivity index (χ2n) is 4.66. The number of rotatable bonds is 2. The van der Waals surface area contributed by atoms with Gasteiger partial charge in [0.05, 0.1) is 10.0 Å². The Balaban J connectivity index is 2.02. The first-order valence-electron chi connectivity index (χ1n) is 5.78. The number of aromatic nitrogens is 2. The van der Waals surface area contributed by atoms with Gasteiger partial charge in [-0.05, 0) is 47.3 Å². The minimum atomic E-state index is -0.977. The monoisotopic (exact) mass is 329 g/mol. The molecule has 1 fully saturated rings. The van der Waals surface area contributed by atoms with Crippen molar-refractivity contribution in [1.82, 2.24) is 10.1 Å². The molecule has 100 valence electrons. The van der Waals surface area contributed by atoms with Gasteiger partial charge in [-0.2, -0.15) is 4.98 Å². The Hall–Kier alpha value is -1.34. The summed E-state index contributed by atoms with van der Waals surface area (Å²) in [6.45, 7) is 0. The molecule has 0 atom stereocenters. The lowest BCUT2D eigenvalue weighted by Crippen LogP contribution is -2.43. The number of nitrogens with two attached hydrogens (primary N) is 1. The molecule has 1 aliphatic rings. The van der Waals surface area contributed by atoms with E-state index < -0.39 is 17.2 Å². The highest BCUT2D eigenvalue weighted by Crippen LogP contribution is 2.39. The number of nitrogens with zero attached hydrogens (tertiary/aromatic N) is 2. The van der Waals surface area contributed by atoms with Crippen molar-refractivity contribution in [2.45, 2.75) is 24.8 Å². The third-order valence-electron chi connectivity index (χ3n) is 3.37. The van der Waals surface area contributed by atoms with Crippen molar-refractivity contribution in [2.24, 2.45) is 5.73 Å². The molecule has 3 rings (SSSR count). The maximum Gasteiger partial charge on any atom is 0.247 e. The van der Waals surface area contributed by atoms with Crippen LogP contribution in [-0.2, 0) is 5.54 Å². The van der Waals surface area contributed by atoms with E-state index in [1.807, 2.05) is 0 Å². The van der Waals surface area contributed by atoms with Crippen LogP contribution in [0.15, 0.2) is 21.1 Å². The average Bonchev–Trinajstić information content (AvgIpc) is 2.83. The largest absolute Gasteiger partial charge is 0.337 e. The lowest BCUT2D eigenvalue weighted by atomic mass is 9.78. The summed E-state index contributed by atoms with van der Waals surface area (Å²) in [5.41, 5.74) is 5.82. The van der Waals surface area contributed by atoms with Crippen LogP contribution in [0.5, 0.6) is 0 Å². The molecule has 0 aliphatic heterocycles. The van der Waals surface area contributed by atoms with Gasteiger partial charge in [0.1, 0.15) is 0 Å². The molecule has 1 aromatic carbocycles. The quantitative estimate of drug-likeness (QED) is 0.860. The summed E-state index contributed by atoms with van der Waals surface area (Å²) >= 11 is 2.99. The molecule has 1 aliphatic carbocycles. The van der Waals surface area contributed by atoms with E-state index >= 15 is 0 Å². The summed E-state index contributed by atoms with van der Waals surface area (Å²) < 4.78 is 31.6. The molecule has 0 radical (unpaired) electrons. The van der Waals surface area contributed by atoms with Crippen LogP contribution in [-0.4, -0.2) is 10.1 Å². The summed E-state index contributed by atoms with van der Waals surface area (Å²) in [6.07, 6.45) is 2.59. The fourth-order valence-electron chi connectivity index (χ4n) is 2.01. The molecule has 0 amide bonds. The summed E-state index contributed by atoms with van der Waals surface area (Å²) in [5.74, 6) is -1.38. The van der Waals surface area contributed by atoms with Crippen molar-refractivity contribution in [3.8, 4) is 11.4 Å². The van der Waals surface area contributed by atoms with Crippen LogP contribution in [0, 0.1) is 11.6 Å². The van der Waals surface area contributed by atoms with Crippen LogP contribution in [0.2, 0.25) is 0 Å². The first-order valence-corrected chi connectivity index (χ1v) is 6.57. The van der Waals surface area contributed by atoms with Crippen LogP contribution < -0.4 is 5.73 Å². The highest BCUT2D eigenvalue weighted by Gasteiger charge is 2.40. The number of benzene rings is 1. The van der Waals surface area contributed by atoms with E-state index in [2.05, 4.69) is 26.1 Å². The Kier molecular flexibility index (Phi) is 2.90. The topological polar surface area (TPSA) is 64.9 Å². The minimum Gasteiger partial charge on any atom is -0.337 e. The van der Waals surface area contributed by atoms with Gasteiger partial charge in [0.25, 0.3) is 0 Å². The number of halogens is 3. The van der Waals surface area contributed by atoms with Gasteiger partial charge in [-0.3, -0.25) is 0 Å². The maximum atomic E-state index is 13.5. The van der Waals surface area contributed by atoms with Gasteiger partial charge in [0.2, 0.25) is 11.7 Å². The van der Waals surface area contributed by atoms with Crippen molar-refractivity contribution in [3.05, 3.63) is 34.1 Å². The fourth-order valence-corrected chi connectivity index (χ4v) is 2.50. The minimum absolute atomic E-state index is 0.0282. The van der Waals surface area contributed by atoms with Crippen LogP contribution in [0.1, 0.15) is 25.2 Å². The second kappa shape index (κ2) is 4.35. The van der Waals surface area contributed by atoms with Gasteiger partial charge in [-0.15, -0.1) is 0 Å². The van der Waals surface area contributed by atoms with Crippen LogP contribution >= 0.6 is 15.9 Å². The fraction of sp³-hybridized carbons (Fsp3) is 0.333. The first kappa shape index (κ1) is 12.7. The van der Waals surface area contributed by atoms with Gasteiger partial charge in [-0.1, -0.05) is 5.16 Å². The zero-order valence-corrected chi connectivity index (χ0v) is 11.4. The van der Waals surface area contributed by atoms with Crippen LogP contribution in [0.4, 0.5) is 8.78 Å². The van der Waals surface area contributed by atoms with Crippen LogP contribution in [0.3, 0.4) is 0 Å². The molecular formula is C12H10BrF2N3O. The molecule has 1 heterocycles. The van der Waals surface area contributed by atoms with Gasteiger partial charge in [0, 0.05) is 5.56 Å². The lowest BCUT2D eigenvalue weighted by molar-refractivity contribution is 0.181. The predicted octanol–water partition coefficient (Wildman–Crippen LogP) is 3.12. The second-order valence-corrected chi connectivity index (χ2v) is 5.45. The van der Waals surface area contributed by atoms with Crippen molar-refractivity contribution >= 4 is 15.9 Å². The van der Waals surface area contributed by atoms with E-state index in [1.54, 1.807) is 0 Å². The smallest absolute Gasteiger partial charge is 0.247 e. The van der Waals surface area contributed by atoms with Crippen molar-refractivity contribution in [3.63, 3.8) is 0 Å². The predicted molar refractivity (Wildman–Crippen MR) is 67.1 cm³/mol. The van der Waals surface area contributed by atoms with Gasteiger partial charge < -0.3 is 10.3 Å². The molecule has 1 aromatic heterocycles. The van der Waals surface area contributed by atoms with Gasteiger partial charge >= 0.3 is 0 Å². The van der Waals surface area contributed by atoms with E-state index in [4.69, 9.17) is 10.3 Å².